The van der Waals surface area contributed by atoms with E-state index in [0.29, 0.717) is 68.1 Å². The highest BCUT2D eigenvalue weighted by molar-refractivity contribution is 7.99. The summed E-state index contributed by atoms with van der Waals surface area (Å²) in [4.78, 5) is 61.5. The lowest BCUT2D eigenvalue weighted by Gasteiger charge is -2.13. The Morgan fingerprint density at radius 3 is 1.65 bits per heavy atom. The van der Waals surface area contributed by atoms with Gasteiger partial charge in [0.25, 0.3) is 0 Å². The molecule has 1 aromatic heterocycles. The van der Waals surface area contributed by atoms with E-state index in [-0.39, 0.29) is 50.5 Å². The van der Waals surface area contributed by atoms with Gasteiger partial charge in [-0.05, 0) is 55.3 Å². The quantitative estimate of drug-likeness (QED) is 0.137. The van der Waals surface area contributed by atoms with Crippen molar-refractivity contribution >= 4 is 49.0 Å². The van der Waals surface area contributed by atoms with Crippen molar-refractivity contribution in [2.75, 3.05) is 36.2 Å². The lowest BCUT2D eigenvalue weighted by Crippen LogP contribution is -2.54. The fourth-order valence-corrected chi connectivity index (χ4v) is 4.47. The fourth-order valence-electron chi connectivity index (χ4n) is 3.34. The minimum atomic E-state index is -0.595. The summed E-state index contributed by atoms with van der Waals surface area (Å²) in [5.41, 5.74) is -1.78. The van der Waals surface area contributed by atoms with Gasteiger partial charge in [-0.25, -0.2) is 28.1 Å². The second-order valence-electron chi connectivity index (χ2n) is 8.92. The van der Waals surface area contributed by atoms with Crippen LogP contribution in [0.3, 0.4) is 0 Å². The van der Waals surface area contributed by atoms with Crippen LogP contribution >= 0.6 is 37.0 Å². The maximum absolute atomic E-state index is 12.8. The molecule has 0 aromatic carbocycles. The van der Waals surface area contributed by atoms with Gasteiger partial charge in [-0.3, -0.25) is 9.59 Å². The number of carbonyl (C=O) groups excluding carboxylic acids is 2. The Bertz CT molecular complexity index is 959. The Morgan fingerprint density at radius 1 is 0.730 bits per heavy atom. The minimum absolute atomic E-state index is 0.193. The molecule has 0 bridgehead atoms. The van der Waals surface area contributed by atoms with Gasteiger partial charge >= 0.3 is 29.0 Å². The van der Waals surface area contributed by atoms with E-state index in [9.17, 15) is 24.0 Å². The number of ether oxygens (including phenoxy) is 2. The van der Waals surface area contributed by atoms with Crippen molar-refractivity contribution in [2.24, 2.45) is 5.92 Å². The van der Waals surface area contributed by atoms with Gasteiger partial charge in [-0.2, -0.15) is 37.0 Å². The molecule has 0 fully saturated rings. The number of nitrogens with zero attached hydrogens (tertiary/aromatic N) is 3. The smallest absolute Gasteiger partial charge is 0.336 e. The van der Waals surface area contributed by atoms with Crippen LogP contribution in [0.2, 0.25) is 0 Å². The van der Waals surface area contributed by atoms with Crippen molar-refractivity contribution in [1.82, 2.24) is 13.7 Å². The molecule has 0 aliphatic heterocycles. The van der Waals surface area contributed by atoms with E-state index in [4.69, 9.17) is 9.47 Å². The number of rotatable bonds is 20. The van der Waals surface area contributed by atoms with E-state index in [0.717, 1.165) is 13.7 Å². The summed E-state index contributed by atoms with van der Waals surface area (Å²) < 4.78 is 13.6. The largest absolute Gasteiger partial charge is 0.466 e. The number of hydrogen-bond acceptors (Lipinski definition) is 10. The predicted molar refractivity (Wildman–Crippen MR) is 153 cm³/mol. The van der Waals surface area contributed by atoms with E-state index in [1.54, 1.807) is 0 Å². The van der Waals surface area contributed by atoms with Crippen molar-refractivity contribution in [1.29, 1.82) is 0 Å². The first-order valence-corrected chi connectivity index (χ1v) is 15.2. The lowest BCUT2D eigenvalue weighted by molar-refractivity contribution is -0.146. The van der Waals surface area contributed by atoms with E-state index in [1.807, 2.05) is 13.8 Å². The topological polar surface area (TPSA) is 119 Å². The SMILES string of the molecule is CC(C)CC(=O)OCCCCOC(=O)CCSCCCn1c(=O)n(CCCS)c(=O)n(CCCS)c1=O. The van der Waals surface area contributed by atoms with E-state index in [2.05, 4.69) is 25.3 Å². The molecule has 0 saturated heterocycles. The van der Waals surface area contributed by atoms with Crippen LogP contribution in [0.15, 0.2) is 14.4 Å². The molecule has 0 aliphatic carbocycles. The van der Waals surface area contributed by atoms with Gasteiger partial charge in [0, 0.05) is 31.8 Å². The maximum atomic E-state index is 12.8. The molecule has 0 amide bonds. The van der Waals surface area contributed by atoms with Crippen LogP contribution in [0.5, 0.6) is 0 Å². The van der Waals surface area contributed by atoms with Gasteiger partial charge in [0.2, 0.25) is 0 Å². The number of thiol groups is 2. The third-order valence-corrected chi connectivity index (χ3v) is 6.93. The Hall–Kier alpha value is -1.60. The van der Waals surface area contributed by atoms with Gasteiger partial charge in [0.15, 0.2) is 0 Å². The van der Waals surface area contributed by atoms with Crippen LogP contribution in [0.25, 0.3) is 0 Å². The molecular weight excluding hydrogens is 538 g/mol. The maximum Gasteiger partial charge on any atom is 0.336 e. The summed E-state index contributed by atoms with van der Waals surface area (Å²) in [5, 5.41) is 0. The molecule has 13 heteroatoms. The lowest BCUT2D eigenvalue weighted by atomic mass is 10.1. The normalized spacial score (nSPS) is 11.2. The zero-order valence-corrected chi connectivity index (χ0v) is 24.5. The van der Waals surface area contributed by atoms with E-state index >= 15 is 0 Å². The first-order valence-electron chi connectivity index (χ1n) is 12.8. The van der Waals surface area contributed by atoms with E-state index < -0.39 is 17.1 Å². The molecule has 0 unspecified atom stereocenters. The second kappa shape index (κ2) is 19.5. The molecule has 0 saturated carbocycles. The predicted octanol–water partition coefficient (Wildman–Crippen LogP) is 2.24. The van der Waals surface area contributed by atoms with Crippen LogP contribution in [0, 0.1) is 5.92 Å². The summed E-state index contributed by atoms with van der Waals surface area (Å²) in [6.45, 7) is 5.14. The number of esters is 2. The number of unbranched alkanes of at least 4 members (excludes halogenated alkanes) is 1. The highest BCUT2D eigenvalue weighted by atomic mass is 32.2. The molecule has 10 nitrogen and oxygen atoms in total. The molecule has 0 spiro atoms. The summed E-state index contributed by atoms with van der Waals surface area (Å²) in [6.07, 6.45) is 3.57. The third kappa shape index (κ3) is 13.2. The average molecular weight is 580 g/mol. The monoisotopic (exact) mass is 579 g/mol. The molecule has 37 heavy (non-hydrogen) atoms. The molecule has 0 N–H and O–H groups in total. The summed E-state index contributed by atoms with van der Waals surface area (Å²) in [7, 11) is 0. The molecule has 1 heterocycles. The Labute approximate surface area is 233 Å². The molecule has 212 valence electrons. The van der Waals surface area contributed by atoms with Crippen LogP contribution in [-0.4, -0.2) is 61.9 Å². The van der Waals surface area contributed by atoms with Crippen molar-refractivity contribution in [3.05, 3.63) is 31.5 Å². The van der Waals surface area contributed by atoms with Crippen molar-refractivity contribution in [3.8, 4) is 0 Å². The van der Waals surface area contributed by atoms with Crippen LogP contribution in [-0.2, 0) is 38.7 Å². The molecule has 1 aromatic rings. The van der Waals surface area contributed by atoms with E-state index in [1.165, 1.54) is 11.8 Å². The van der Waals surface area contributed by atoms with Gasteiger partial charge in [0.05, 0.1) is 19.6 Å². The number of hydrogen-bond donors (Lipinski definition) is 2. The fraction of sp³-hybridized carbons (Fsp3) is 0.792. The number of aromatic nitrogens is 3. The Balaban J connectivity index is 2.39. The first-order chi connectivity index (χ1) is 17.7. The van der Waals surface area contributed by atoms with Crippen molar-refractivity contribution in [2.45, 2.75) is 78.4 Å². The van der Waals surface area contributed by atoms with Gasteiger partial charge in [-0.15, -0.1) is 0 Å². The van der Waals surface area contributed by atoms with Gasteiger partial charge in [-0.1, -0.05) is 13.8 Å². The summed E-state index contributed by atoms with van der Waals surface area (Å²) >= 11 is 9.82. The Morgan fingerprint density at radius 2 is 1.19 bits per heavy atom. The third-order valence-electron chi connectivity index (χ3n) is 5.23. The average Bonchev–Trinajstić information content (AvgIpc) is 2.84. The summed E-state index contributed by atoms with van der Waals surface area (Å²) in [5.74, 6) is 2.03. The highest BCUT2D eigenvalue weighted by Gasteiger charge is 2.15. The minimum Gasteiger partial charge on any atom is -0.466 e. The molecule has 0 radical (unpaired) electrons. The first kappa shape index (κ1) is 33.4. The molecular formula is C24H41N3O7S3. The molecule has 0 atom stereocenters. The summed E-state index contributed by atoms with van der Waals surface area (Å²) in [6, 6.07) is 0. The number of thioether (sulfide) groups is 1. The van der Waals surface area contributed by atoms with Crippen molar-refractivity contribution < 1.29 is 19.1 Å². The van der Waals surface area contributed by atoms with Crippen molar-refractivity contribution in [3.63, 3.8) is 0 Å². The van der Waals surface area contributed by atoms with Gasteiger partial charge < -0.3 is 9.47 Å². The van der Waals surface area contributed by atoms with Crippen LogP contribution in [0.4, 0.5) is 0 Å². The highest BCUT2D eigenvalue weighted by Crippen LogP contribution is 2.07. The molecule has 0 aliphatic rings. The zero-order valence-electron chi connectivity index (χ0n) is 21.9. The van der Waals surface area contributed by atoms with Crippen LogP contribution < -0.4 is 17.1 Å². The molecule has 1 rings (SSSR count). The Kier molecular flexibility index (Phi) is 17.6. The van der Waals surface area contributed by atoms with Gasteiger partial charge in [0.1, 0.15) is 0 Å². The number of carbonyl (C=O) groups is 2. The standard InChI is InChI=1S/C24H41N3O7S3/c1-19(2)18-21(29)34-13-4-3-12-33-20(28)8-17-37-16-7-11-27-23(31)25(9-5-14-35)22(30)26(24(27)32)10-6-15-36/h19,35-36H,3-18H2,1-2H3. The second-order valence-corrected chi connectivity index (χ2v) is 11.0. The van der Waals surface area contributed by atoms with Crippen LogP contribution in [0.1, 0.15) is 58.8 Å². The zero-order chi connectivity index (χ0) is 27.6.